The molecule has 0 aromatic heterocycles. The van der Waals surface area contributed by atoms with Crippen LogP contribution in [0.1, 0.15) is 5.56 Å². The molecule has 0 fully saturated rings. The van der Waals surface area contributed by atoms with Gasteiger partial charge in [0.1, 0.15) is 11.5 Å². The van der Waals surface area contributed by atoms with Gasteiger partial charge in [-0.1, -0.05) is 15.9 Å². The van der Waals surface area contributed by atoms with E-state index in [9.17, 15) is 13.2 Å². The van der Waals surface area contributed by atoms with Gasteiger partial charge in [0.25, 0.3) is 0 Å². The summed E-state index contributed by atoms with van der Waals surface area (Å²) in [7, 11) is -1.75. The largest absolute Gasteiger partial charge is 0.497 e. The predicted octanol–water partition coefficient (Wildman–Crippen LogP) is 1.12. The number of hydrogen-bond acceptors (Lipinski definition) is 4. The minimum Gasteiger partial charge on any atom is -0.497 e. The van der Waals surface area contributed by atoms with Gasteiger partial charge in [0.15, 0.2) is 9.84 Å². The van der Waals surface area contributed by atoms with Gasteiger partial charge in [0.05, 0.1) is 7.11 Å². The van der Waals surface area contributed by atoms with Crippen molar-refractivity contribution >= 4 is 31.7 Å². The number of carbonyl (C=O) groups is 1. The van der Waals surface area contributed by atoms with Crippen LogP contribution >= 0.6 is 15.9 Å². The first-order chi connectivity index (χ1) is 8.30. The van der Waals surface area contributed by atoms with Crippen LogP contribution in [0, 0.1) is 0 Å². The van der Waals surface area contributed by atoms with E-state index >= 15 is 0 Å². The van der Waals surface area contributed by atoms with Crippen LogP contribution in [0.4, 0.5) is 0 Å². The van der Waals surface area contributed by atoms with E-state index in [-0.39, 0.29) is 6.54 Å². The highest BCUT2D eigenvalue weighted by Gasteiger charge is 2.10. The molecule has 0 saturated heterocycles. The molecule has 1 aromatic rings. The van der Waals surface area contributed by atoms with Gasteiger partial charge in [0.2, 0.25) is 5.91 Å². The van der Waals surface area contributed by atoms with Crippen molar-refractivity contribution in [1.82, 2.24) is 5.32 Å². The van der Waals surface area contributed by atoms with Gasteiger partial charge in [0, 0.05) is 17.3 Å². The van der Waals surface area contributed by atoms with Gasteiger partial charge in [-0.05, 0) is 23.8 Å². The maximum atomic E-state index is 11.3. The molecule has 1 N–H and O–H groups in total. The predicted molar refractivity (Wildman–Crippen MR) is 72.3 cm³/mol. The highest BCUT2D eigenvalue weighted by Crippen LogP contribution is 2.21. The minimum absolute atomic E-state index is 0.254. The fraction of sp³-hybridized carbons (Fsp3) is 0.364. The van der Waals surface area contributed by atoms with E-state index in [1.54, 1.807) is 19.2 Å². The van der Waals surface area contributed by atoms with Gasteiger partial charge in [-0.3, -0.25) is 4.79 Å². The van der Waals surface area contributed by atoms with Crippen LogP contribution < -0.4 is 10.1 Å². The highest BCUT2D eigenvalue weighted by atomic mass is 79.9. The number of sulfone groups is 1. The molecule has 0 aliphatic rings. The first kappa shape index (κ1) is 15.0. The van der Waals surface area contributed by atoms with Crippen LogP contribution in [0.2, 0.25) is 0 Å². The fourth-order valence-corrected chi connectivity index (χ4v) is 2.43. The van der Waals surface area contributed by atoms with E-state index in [4.69, 9.17) is 4.74 Å². The number of halogens is 1. The summed E-state index contributed by atoms with van der Waals surface area (Å²) in [6, 6.07) is 5.39. The van der Waals surface area contributed by atoms with Crippen LogP contribution in [0.15, 0.2) is 22.7 Å². The SMILES string of the molecule is COc1cc(Br)cc(CNC(=O)CS(C)(=O)=O)c1. The molecule has 18 heavy (non-hydrogen) atoms. The number of amides is 1. The highest BCUT2D eigenvalue weighted by molar-refractivity contribution is 9.10. The Hall–Kier alpha value is -1.08. The molecule has 100 valence electrons. The lowest BCUT2D eigenvalue weighted by Crippen LogP contribution is -2.29. The lowest BCUT2D eigenvalue weighted by Gasteiger charge is -2.07. The third kappa shape index (κ3) is 5.50. The molecule has 0 aliphatic heterocycles. The topological polar surface area (TPSA) is 72.5 Å². The Morgan fingerprint density at radius 2 is 2.06 bits per heavy atom. The number of methoxy groups -OCH3 is 1. The van der Waals surface area contributed by atoms with Crippen LogP contribution in [0.5, 0.6) is 5.75 Å². The summed E-state index contributed by atoms with van der Waals surface area (Å²) >= 11 is 3.32. The smallest absolute Gasteiger partial charge is 0.235 e. The fourth-order valence-electron chi connectivity index (χ4n) is 1.33. The number of rotatable bonds is 5. The van der Waals surface area contributed by atoms with E-state index < -0.39 is 21.5 Å². The second-order valence-corrected chi connectivity index (χ2v) is 6.90. The van der Waals surface area contributed by atoms with Crippen molar-refractivity contribution in [1.29, 1.82) is 0 Å². The Labute approximate surface area is 115 Å². The molecule has 0 aliphatic carbocycles. The van der Waals surface area contributed by atoms with E-state index in [1.165, 1.54) is 0 Å². The van der Waals surface area contributed by atoms with Gasteiger partial charge >= 0.3 is 0 Å². The molecule has 0 radical (unpaired) electrons. The number of benzene rings is 1. The lowest BCUT2D eigenvalue weighted by molar-refractivity contribution is -0.118. The maximum Gasteiger partial charge on any atom is 0.235 e. The minimum atomic E-state index is -3.29. The Balaban J connectivity index is 2.63. The van der Waals surface area contributed by atoms with Gasteiger partial charge in [-0.2, -0.15) is 0 Å². The Bertz CT molecular complexity index is 542. The molecule has 0 atom stereocenters. The quantitative estimate of drug-likeness (QED) is 0.875. The van der Waals surface area contributed by atoms with Crippen LogP contribution in [0.25, 0.3) is 0 Å². The lowest BCUT2D eigenvalue weighted by atomic mass is 10.2. The third-order valence-electron chi connectivity index (χ3n) is 2.05. The van der Waals surface area contributed by atoms with Crippen molar-refractivity contribution in [3.63, 3.8) is 0 Å². The molecule has 0 unspecified atom stereocenters. The normalized spacial score (nSPS) is 11.1. The van der Waals surface area contributed by atoms with Crippen molar-refractivity contribution in [3.8, 4) is 5.75 Å². The summed E-state index contributed by atoms with van der Waals surface area (Å²) in [4.78, 5) is 11.3. The molecule has 7 heteroatoms. The van der Waals surface area contributed by atoms with E-state index in [0.717, 1.165) is 16.3 Å². The summed E-state index contributed by atoms with van der Waals surface area (Å²) in [5.74, 6) is -0.355. The Morgan fingerprint density at radius 3 is 2.61 bits per heavy atom. The standard InChI is InChI=1S/C11H14BrNO4S/c1-17-10-4-8(3-9(12)5-10)6-13-11(14)7-18(2,15)16/h3-5H,6-7H2,1-2H3,(H,13,14). The van der Waals surface area contributed by atoms with Gasteiger partial charge in [-0.15, -0.1) is 0 Å². The number of ether oxygens (including phenoxy) is 1. The van der Waals surface area contributed by atoms with Gasteiger partial charge < -0.3 is 10.1 Å². The Kier molecular flexibility index (Phi) is 5.15. The summed E-state index contributed by atoms with van der Waals surface area (Å²) in [6.07, 6.45) is 1.02. The molecular weight excluding hydrogens is 322 g/mol. The number of carbonyl (C=O) groups excluding carboxylic acids is 1. The van der Waals surface area contributed by atoms with Crippen molar-refractivity contribution < 1.29 is 17.9 Å². The maximum absolute atomic E-state index is 11.3. The van der Waals surface area contributed by atoms with E-state index in [2.05, 4.69) is 21.2 Å². The summed E-state index contributed by atoms with van der Waals surface area (Å²) in [5, 5.41) is 2.54. The number of hydrogen-bond donors (Lipinski definition) is 1. The third-order valence-corrected chi connectivity index (χ3v) is 3.29. The van der Waals surface area contributed by atoms with Crippen molar-refractivity contribution in [2.45, 2.75) is 6.54 Å². The van der Waals surface area contributed by atoms with Crippen molar-refractivity contribution in [2.75, 3.05) is 19.1 Å². The summed E-state index contributed by atoms with van der Waals surface area (Å²) in [6.45, 7) is 0.254. The molecule has 1 aromatic carbocycles. The van der Waals surface area contributed by atoms with Crippen LogP contribution in [-0.2, 0) is 21.2 Å². The van der Waals surface area contributed by atoms with Gasteiger partial charge in [-0.25, -0.2) is 8.42 Å². The monoisotopic (exact) mass is 335 g/mol. The molecule has 0 saturated carbocycles. The first-order valence-electron chi connectivity index (χ1n) is 5.08. The molecule has 0 heterocycles. The zero-order chi connectivity index (χ0) is 13.8. The molecule has 1 amide bonds. The zero-order valence-electron chi connectivity index (χ0n) is 10.1. The zero-order valence-corrected chi connectivity index (χ0v) is 12.5. The van der Waals surface area contributed by atoms with E-state index in [1.807, 2.05) is 6.07 Å². The molecule has 0 bridgehead atoms. The molecule has 5 nitrogen and oxygen atoms in total. The first-order valence-corrected chi connectivity index (χ1v) is 7.93. The van der Waals surface area contributed by atoms with Crippen LogP contribution in [0.3, 0.4) is 0 Å². The molecule has 0 spiro atoms. The summed E-state index contributed by atoms with van der Waals surface area (Å²) < 4.78 is 27.8. The molecular formula is C11H14BrNO4S. The van der Waals surface area contributed by atoms with Crippen molar-refractivity contribution in [3.05, 3.63) is 28.2 Å². The number of nitrogens with one attached hydrogen (secondary N) is 1. The van der Waals surface area contributed by atoms with E-state index in [0.29, 0.717) is 5.75 Å². The molecule has 1 rings (SSSR count). The Morgan fingerprint density at radius 1 is 1.39 bits per heavy atom. The second kappa shape index (κ2) is 6.19. The van der Waals surface area contributed by atoms with Crippen molar-refractivity contribution in [2.24, 2.45) is 0 Å². The average molecular weight is 336 g/mol. The summed E-state index contributed by atoms with van der Waals surface area (Å²) in [5.41, 5.74) is 0.822. The van der Waals surface area contributed by atoms with Crippen LogP contribution in [-0.4, -0.2) is 33.4 Å². The second-order valence-electron chi connectivity index (χ2n) is 3.85. The average Bonchev–Trinajstić information content (AvgIpc) is 2.23.